The van der Waals surface area contributed by atoms with Gasteiger partial charge in [0.05, 0.1) is 11.8 Å². The van der Waals surface area contributed by atoms with E-state index in [9.17, 15) is 22.8 Å². The second-order valence-electron chi connectivity index (χ2n) is 6.38. The monoisotopic (exact) mass is 393 g/mol. The van der Waals surface area contributed by atoms with Crippen LogP contribution in [0.15, 0.2) is 6.20 Å². The molecule has 2 atom stereocenters. The maximum atomic E-state index is 13.0. The molecule has 1 aromatic rings. The lowest BCUT2D eigenvalue weighted by molar-refractivity contribution is -0.187. The Labute approximate surface area is 151 Å². The van der Waals surface area contributed by atoms with Gasteiger partial charge in [-0.05, 0) is 18.8 Å². The van der Waals surface area contributed by atoms with E-state index in [1.54, 1.807) is 6.20 Å². The molecule has 144 valence electrons. The number of rotatable bonds is 3. The predicted octanol–water partition coefficient (Wildman–Crippen LogP) is 2.76. The fraction of sp³-hybridized carbons (Fsp3) is 0.667. The smallest absolute Gasteiger partial charge is 0.394 e. The third-order valence-corrected chi connectivity index (χ3v) is 5.78. The van der Waals surface area contributed by atoms with Crippen LogP contribution in [0.25, 0.3) is 0 Å². The molecular formula is C15H18F3N3O4S. The average molecular weight is 393 g/mol. The van der Waals surface area contributed by atoms with Gasteiger partial charge in [-0.2, -0.15) is 13.2 Å². The van der Waals surface area contributed by atoms with Gasteiger partial charge in [0.2, 0.25) is 0 Å². The quantitative estimate of drug-likeness (QED) is 0.824. The van der Waals surface area contributed by atoms with E-state index in [2.05, 4.69) is 10.3 Å². The molecule has 3 rings (SSSR count). The van der Waals surface area contributed by atoms with Gasteiger partial charge in [-0.15, -0.1) is 11.3 Å². The summed E-state index contributed by atoms with van der Waals surface area (Å²) in [5.41, 5.74) is 0. The number of nitrogens with one attached hydrogen (secondary N) is 1. The molecular weight excluding hydrogens is 375 g/mol. The van der Waals surface area contributed by atoms with E-state index in [-0.39, 0.29) is 0 Å². The van der Waals surface area contributed by atoms with E-state index in [0.717, 1.165) is 22.6 Å². The molecule has 2 saturated heterocycles. The molecule has 2 amide bonds. The maximum absolute atomic E-state index is 13.0. The van der Waals surface area contributed by atoms with E-state index in [1.165, 1.54) is 11.3 Å². The third-order valence-electron chi connectivity index (χ3n) is 4.71. The lowest BCUT2D eigenvalue weighted by Gasteiger charge is -2.20. The van der Waals surface area contributed by atoms with Gasteiger partial charge in [0.15, 0.2) is 5.13 Å². The van der Waals surface area contributed by atoms with Crippen molar-refractivity contribution in [1.82, 2.24) is 9.88 Å². The van der Waals surface area contributed by atoms with Crippen molar-refractivity contribution >= 4 is 28.5 Å². The van der Waals surface area contributed by atoms with Gasteiger partial charge in [0, 0.05) is 37.4 Å². The highest BCUT2D eigenvalue weighted by molar-refractivity contribution is 7.15. The Balaban J connectivity index is 1.63. The molecule has 2 fully saturated rings. The highest BCUT2D eigenvalue weighted by atomic mass is 32.1. The maximum Gasteiger partial charge on any atom is 0.394 e. The Hall–Kier alpha value is -1.88. The number of nitrogens with zero attached hydrogens (tertiary/aromatic N) is 2. The van der Waals surface area contributed by atoms with Crippen molar-refractivity contribution in [2.45, 2.75) is 24.9 Å². The van der Waals surface area contributed by atoms with Crippen LogP contribution in [0.1, 0.15) is 23.6 Å². The summed E-state index contributed by atoms with van der Waals surface area (Å²) in [6.07, 6.45) is -1.31. The number of carbonyl (C=O) groups is 2. The lowest BCUT2D eigenvalue weighted by Crippen LogP contribution is -2.35. The van der Waals surface area contributed by atoms with Crippen LogP contribution >= 0.6 is 11.3 Å². The molecule has 0 spiro atoms. The normalized spacial score (nSPS) is 24.7. The van der Waals surface area contributed by atoms with Crippen molar-refractivity contribution in [3.8, 4) is 0 Å². The van der Waals surface area contributed by atoms with Crippen molar-refractivity contribution in [2.75, 3.05) is 31.6 Å². The molecule has 3 heterocycles. The fourth-order valence-electron chi connectivity index (χ4n) is 3.24. The molecule has 0 radical (unpaired) electrons. The Bertz CT molecular complexity index is 675. The molecule has 0 saturated carbocycles. The standard InChI is InChI=1S/C15H18F3N3O4S/c16-15(17,18)10-7-21(6-9(10)12(22)23)14(24)20-13-19-5-11(26-13)8-1-3-25-4-2-8/h5,8-10H,1-4,6-7H2,(H,22,23)(H,19,20,24)/t9-,10-/m1/s1. The number of carbonyl (C=O) groups excluding carboxylic acids is 1. The Morgan fingerprint density at radius 1 is 1.31 bits per heavy atom. The number of halogens is 3. The van der Waals surface area contributed by atoms with E-state index in [1.807, 2.05) is 0 Å². The number of ether oxygens (including phenoxy) is 1. The van der Waals surface area contributed by atoms with Gasteiger partial charge in [0.25, 0.3) is 0 Å². The van der Waals surface area contributed by atoms with Crippen molar-refractivity contribution in [1.29, 1.82) is 0 Å². The first-order valence-corrected chi connectivity index (χ1v) is 8.96. The van der Waals surface area contributed by atoms with Crippen molar-refractivity contribution < 1.29 is 32.6 Å². The Kier molecular flexibility index (Phi) is 5.37. The van der Waals surface area contributed by atoms with Gasteiger partial charge < -0.3 is 14.7 Å². The first-order chi connectivity index (χ1) is 12.3. The zero-order chi connectivity index (χ0) is 18.9. The van der Waals surface area contributed by atoms with E-state index in [4.69, 9.17) is 9.84 Å². The predicted molar refractivity (Wildman–Crippen MR) is 86.2 cm³/mol. The minimum absolute atomic E-state index is 0.291. The van der Waals surface area contributed by atoms with E-state index < -0.39 is 43.1 Å². The summed E-state index contributed by atoms with van der Waals surface area (Å²) >= 11 is 1.28. The number of aromatic nitrogens is 1. The number of urea groups is 1. The van der Waals surface area contributed by atoms with Gasteiger partial charge in [-0.25, -0.2) is 9.78 Å². The van der Waals surface area contributed by atoms with E-state index >= 15 is 0 Å². The summed E-state index contributed by atoms with van der Waals surface area (Å²) in [4.78, 5) is 29.3. The van der Waals surface area contributed by atoms with Crippen LogP contribution in [0, 0.1) is 11.8 Å². The molecule has 2 aliphatic rings. The number of thiazole rings is 1. The molecule has 1 aromatic heterocycles. The van der Waals surface area contributed by atoms with Crippen molar-refractivity contribution in [2.24, 2.45) is 11.8 Å². The van der Waals surface area contributed by atoms with Gasteiger partial charge in [-0.1, -0.05) is 0 Å². The number of hydrogen-bond donors (Lipinski definition) is 2. The number of hydrogen-bond acceptors (Lipinski definition) is 5. The molecule has 7 nitrogen and oxygen atoms in total. The summed E-state index contributed by atoms with van der Waals surface area (Å²) in [5, 5.41) is 11.8. The third kappa shape index (κ3) is 4.09. The highest BCUT2D eigenvalue weighted by Gasteiger charge is 2.53. The SMILES string of the molecule is O=C(O)[C@@H]1CN(C(=O)Nc2ncc(C3CCOCC3)s2)C[C@H]1C(F)(F)F. The second kappa shape index (κ2) is 7.39. The first kappa shape index (κ1) is 18.9. The number of aliphatic carboxylic acids is 1. The number of carboxylic acid groups (broad SMARTS) is 1. The van der Waals surface area contributed by atoms with Crippen LogP contribution in [-0.2, 0) is 9.53 Å². The Morgan fingerprint density at radius 2 is 2.00 bits per heavy atom. The zero-order valence-electron chi connectivity index (χ0n) is 13.7. The Morgan fingerprint density at radius 3 is 2.58 bits per heavy atom. The van der Waals surface area contributed by atoms with Crippen LogP contribution in [0.5, 0.6) is 0 Å². The molecule has 0 aromatic carbocycles. The molecule has 26 heavy (non-hydrogen) atoms. The molecule has 0 unspecified atom stereocenters. The topological polar surface area (TPSA) is 91.8 Å². The van der Waals surface area contributed by atoms with Gasteiger partial charge in [-0.3, -0.25) is 10.1 Å². The number of anilines is 1. The minimum atomic E-state index is -4.67. The fourth-order valence-corrected chi connectivity index (χ4v) is 4.21. The summed E-state index contributed by atoms with van der Waals surface area (Å²) in [7, 11) is 0. The zero-order valence-corrected chi connectivity index (χ0v) is 14.5. The number of alkyl halides is 3. The van der Waals surface area contributed by atoms with Gasteiger partial charge >= 0.3 is 18.2 Å². The molecule has 11 heteroatoms. The molecule has 2 N–H and O–H groups in total. The summed E-state index contributed by atoms with van der Waals surface area (Å²) in [5.74, 6) is -4.99. The summed E-state index contributed by atoms with van der Waals surface area (Å²) < 4.78 is 44.3. The van der Waals surface area contributed by atoms with Gasteiger partial charge in [0.1, 0.15) is 0 Å². The number of likely N-dealkylation sites (tertiary alicyclic amines) is 1. The first-order valence-electron chi connectivity index (χ1n) is 8.14. The molecule has 2 aliphatic heterocycles. The van der Waals surface area contributed by atoms with Crippen molar-refractivity contribution in [3.63, 3.8) is 0 Å². The van der Waals surface area contributed by atoms with Crippen LogP contribution in [0.2, 0.25) is 0 Å². The van der Waals surface area contributed by atoms with Crippen LogP contribution in [0.3, 0.4) is 0 Å². The second-order valence-corrected chi connectivity index (χ2v) is 7.44. The number of amides is 2. The summed E-state index contributed by atoms with van der Waals surface area (Å²) in [6, 6.07) is -0.768. The van der Waals surface area contributed by atoms with Crippen molar-refractivity contribution in [3.05, 3.63) is 11.1 Å². The lowest BCUT2D eigenvalue weighted by atomic mass is 9.96. The van der Waals surface area contributed by atoms with E-state index in [0.29, 0.717) is 24.3 Å². The minimum Gasteiger partial charge on any atom is -0.481 e. The van der Waals surface area contributed by atoms with Crippen LogP contribution < -0.4 is 5.32 Å². The largest absolute Gasteiger partial charge is 0.481 e. The van der Waals surface area contributed by atoms with Crippen LogP contribution in [0.4, 0.5) is 23.1 Å². The van der Waals surface area contributed by atoms with Crippen LogP contribution in [-0.4, -0.2) is 59.5 Å². The molecule has 0 aliphatic carbocycles. The average Bonchev–Trinajstić information content (AvgIpc) is 3.22. The number of carboxylic acids is 1. The molecule has 0 bridgehead atoms. The highest BCUT2D eigenvalue weighted by Crippen LogP contribution is 2.38. The summed E-state index contributed by atoms with van der Waals surface area (Å²) in [6.45, 7) is 0.162.